The number of carbonyl (C=O) groups is 2. The van der Waals surface area contributed by atoms with E-state index in [0.29, 0.717) is 32.0 Å². The number of para-hydroxylation sites is 1. The number of carbonyl (C=O) groups excluding carboxylic acids is 2. The van der Waals surface area contributed by atoms with Crippen LogP contribution >= 0.6 is 0 Å². The Kier molecular flexibility index (Phi) is 9.49. The molecule has 37 heavy (non-hydrogen) atoms. The summed E-state index contributed by atoms with van der Waals surface area (Å²) in [7, 11) is 0. The molecule has 3 amide bonds. The van der Waals surface area contributed by atoms with Crippen LogP contribution in [0.5, 0.6) is 0 Å². The molecule has 1 aromatic heterocycles. The number of hydrogen-bond acceptors (Lipinski definition) is 4. The number of rotatable bonds is 10. The van der Waals surface area contributed by atoms with Gasteiger partial charge in [0.1, 0.15) is 0 Å². The lowest BCUT2D eigenvalue weighted by atomic mass is 9.79. The molecule has 6 N–H and O–H groups in total. The van der Waals surface area contributed by atoms with Crippen molar-refractivity contribution in [1.29, 1.82) is 0 Å². The fourth-order valence-corrected chi connectivity index (χ4v) is 6.36. The van der Waals surface area contributed by atoms with Gasteiger partial charge in [0.25, 0.3) is 0 Å². The number of nitrogens with one attached hydrogen (secondary N) is 2. The van der Waals surface area contributed by atoms with Gasteiger partial charge < -0.3 is 31.6 Å². The molecule has 1 aliphatic heterocycles. The van der Waals surface area contributed by atoms with Crippen LogP contribution in [-0.2, 0) is 11.3 Å². The quantitative estimate of drug-likeness (QED) is 0.363. The molecule has 2 aromatic rings. The maximum atomic E-state index is 12.6. The van der Waals surface area contributed by atoms with Crippen LogP contribution in [-0.4, -0.2) is 53.1 Å². The summed E-state index contributed by atoms with van der Waals surface area (Å²) in [5.41, 5.74) is 13.5. The average molecular weight is 511 g/mol. The predicted molar refractivity (Wildman–Crippen MR) is 149 cm³/mol. The summed E-state index contributed by atoms with van der Waals surface area (Å²) in [5, 5.41) is 6.74. The molecule has 1 aliphatic carbocycles. The maximum Gasteiger partial charge on any atom is 0.312 e. The Hall–Kier alpha value is -2.58. The molecule has 1 saturated heterocycles. The average Bonchev–Trinajstić information content (AvgIpc) is 3.28. The summed E-state index contributed by atoms with van der Waals surface area (Å²) in [6.45, 7) is 7.95. The Morgan fingerprint density at radius 1 is 1.00 bits per heavy atom. The minimum Gasteiger partial charge on any atom is -0.352 e. The Morgan fingerprint density at radius 3 is 2.38 bits per heavy atom. The molecule has 4 rings (SSSR count). The number of nitrogens with zero attached hydrogens (tertiary/aromatic N) is 2. The van der Waals surface area contributed by atoms with E-state index in [-0.39, 0.29) is 5.91 Å². The van der Waals surface area contributed by atoms with Crippen LogP contribution in [0.25, 0.3) is 10.9 Å². The minimum absolute atomic E-state index is 0.170. The summed E-state index contributed by atoms with van der Waals surface area (Å²) in [6, 6.07) is 8.57. The van der Waals surface area contributed by atoms with Crippen LogP contribution in [0.4, 0.5) is 4.79 Å². The smallest absolute Gasteiger partial charge is 0.312 e. The first-order valence-electron chi connectivity index (χ1n) is 14.2. The first-order valence-corrected chi connectivity index (χ1v) is 14.2. The molecule has 8 heteroatoms. The van der Waals surface area contributed by atoms with Gasteiger partial charge in [0.15, 0.2) is 0 Å². The Bertz CT molecular complexity index is 1030. The van der Waals surface area contributed by atoms with E-state index < -0.39 is 12.1 Å². The van der Waals surface area contributed by atoms with Crippen LogP contribution in [0, 0.1) is 11.8 Å². The fourth-order valence-electron chi connectivity index (χ4n) is 6.36. The SMILES string of the molecule is CC(C)C1CCC(N2CCC(n3cc(CNC(=O)C(N)CCCNC(N)=O)c4ccccc43)CC2)CC1. The van der Waals surface area contributed by atoms with E-state index >= 15 is 0 Å². The van der Waals surface area contributed by atoms with Gasteiger partial charge in [0, 0.05) is 55.4 Å². The molecule has 1 atom stereocenters. The highest BCUT2D eigenvalue weighted by molar-refractivity contribution is 5.86. The third kappa shape index (κ3) is 7.05. The Labute approximate surface area is 221 Å². The second-order valence-electron chi connectivity index (χ2n) is 11.4. The predicted octanol–water partition coefficient (Wildman–Crippen LogP) is 3.89. The molecule has 2 fully saturated rings. The standard InChI is InChI=1S/C29H46N6O2/c1-20(2)21-9-11-23(12-10-21)34-16-13-24(14-17-34)35-19-22(25-6-3-4-8-27(25)35)18-33-28(36)26(30)7-5-15-32-29(31)37/h3-4,6,8,19-21,23-24,26H,5,7,9-18,30H2,1-2H3,(H,33,36)(H3,31,32,37). The first kappa shape index (κ1) is 27.5. The molecular formula is C29H46N6O2. The highest BCUT2D eigenvalue weighted by Crippen LogP contribution is 2.35. The van der Waals surface area contributed by atoms with Crippen LogP contribution in [0.15, 0.2) is 30.5 Å². The number of aromatic nitrogens is 1. The topological polar surface area (TPSA) is 118 Å². The minimum atomic E-state index is -0.608. The van der Waals surface area contributed by atoms with Crippen LogP contribution < -0.4 is 22.1 Å². The van der Waals surface area contributed by atoms with E-state index in [9.17, 15) is 9.59 Å². The molecule has 204 valence electrons. The lowest BCUT2D eigenvalue weighted by molar-refractivity contribution is -0.122. The number of nitrogens with two attached hydrogens (primary N) is 2. The molecule has 0 radical (unpaired) electrons. The van der Waals surface area contributed by atoms with Crippen LogP contribution in [0.1, 0.15) is 76.8 Å². The number of hydrogen-bond donors (Lipinski definition) is 4. The Balaban J connectivity index is 1.32. The fraction of sp³-hybridized carbons (Fsp3) is 0.655. The van der Waals surface area contributed by atoms with Gasteiger partial charge in [-0.25, -0.2) is 4.79 Å². The summed E-state index contributed by atoms with van der Waals surface area (Å²) in [4.78, 5) is 26.1. The Morgan fingerprint density at radius 2 is 1.70 bits per heavy atom. The molecule has 1 unspecified atom stereocenters. The van der Waals surface area contributed by atoms with Gasteiger partial charge >= 0.3 is 6.03 Å². The summed E-state index contributed by atoms with van der Waals surface area (Å²) in [5.74, 6) is 1.55. The van der Waals surface area contributed by atoms with Gasteiger partial charge in [-0.05, 0) is 74.8 Å². The molecular weight excluding hydrogens is 464 g/mol. The van der Waals surface area contributed by atoms with Gasteiger partial charge in [0.2, 0.25) is 5.91 Å². The van der Waals surface area contributed by atoms with E-state index in [4.69, 9.17) is 11.5 Å². The number of piperidine rings is 1. The van der Waals surface area contributed by atoms with Crippen LogP contribution in [0.2, 0.25) is 0 Å². The monoisotopic (exact) mass is 510 g/mol. The number of benzene rings is 1. The molecule has 2 aliphatic rings. The third-order valence-electron chi connectivity index (χ3n) is 8.70. The van der Waals surface area contributed by atoms with Crippen molar-refractivity contribution in [2.75, 3.05) is 19.6 Å². The van der Waals surface area contributed by atoms with Gasteiger partial charge in [-0.2, -0.15) is 0 Å². The number of likely N-dealkylation sites (tertiary alicyclic amines) is 1. The zero-order valence-corrected chi connectivity index (χ0v) is 22.6. The third-order valence-corrected chi connectivity index (χ3v) is 8.70. The van der Waals surface area contributed by atoms with Crippen molar-refractivity contribution < 1.29 is 9.59 Å². The largest absolute Gasteiger partial charge is 0.352 e. The van der Waals surface area contributed by atoms with Crippen LogP contribution in [0.3, 0.4) is 0 Å². The van der Waals surface area contributed by atoms with E-state index in [1.54, 1.807) is 0 Å². The van der Waals surface area contributed by atoms with Crippen molar-refractivity contribution >= 4 is 22.8 Å². The molecule has 8 nitrogen and oxygen atoms in total. The summed E-state index contributed by atoms with van der Waals surface area (Å²) in [6.07, 6.45) is 11.1. The van der Waals surface area contributed by atoms with E-state index in [2.05, 4.69) is 64.4 Å². The van der Waals surface area contributed by atoms with Crippen molar-refractivity contribution in [2.24, 2.45) is 23.3 Å². The molecule has 1 aromatic carbocycles. The van der Waals surface area contributed by atoms with Crippen molar-refractivity contribution in [2.45, 2.75) is 89.9 Å². The normalized spacial score (nSPS) is 22.3. The lowest BCUT2D eigenvalue weighted by Gasteiger charge is -2.42. The molecule has 0 bridgehead atoms. The first-order chi connectivity index (χ1) is 17.8. The van der Waals surface area contributed by atoms with E-state index in [1.165, 1.54) is 62.5 Å². The lowest BCUT2D eigenvalue weighted by Crippen LogP contribution is -2.43. The van der Waals surface area contributed by atoms with E-state index in [0.717, 1.165) is 23.4 Å². The van der Waals surface area contributed by atoms with Crippen molar-refractivity contribution in [3.05, 3.63) is 36.0 Å². The molecule has 2 heterocycles. The number of fused-ring (bicyclic) bond motifs is 1. The molecule has 1 saturated carbocycles. The highest BCUT2D eigenvalue weighted by Gasteiger charge is 2.30. The number of amides is 3. The highest BCUT2D eigenvalue weighted by atomic mass is 16.2. The zero-order valence-electron chi connectivity index (χ0n) is 22.6. The van der Waals surface area contributed by atoms with Gasteiger partial charge in [-0.3, -0.25) is 4.79 Å². The van der Waals surface area contributed by atoms with E-state index in [1.807, 2.05) is 0 Å². The van der Waals surface area contributed by atoms with Gasteiger partial charge in [-0.15, -0.1) is 0 Å². The van der Waals surface area contributed by atoms with Crippen molar-refractivity contribution in [3.63, 3.8) is 0 Å². The summed E-state index contributed by atoms with van der Waals surface area (Å²) < 4.78 is 2.44. The molecule has 0 spiro atoms. The van der Waals surface area contributed by atoms with Crippen molar-refractivity contribution in [1.82, 2.24) is 20.1 Å². The second kappa shape index (κ2) is 12.8. The second-order valence-corrected chi connectivity index (χ2v) is 11.4. The number of urea groups is 1. The summed E-state index contributed by atoms with van der Waals surface area (Å²) >= 11 is 0. The van der Waals surface area contributed by atoms with Gasteiger partial charge in [0.05, 0.1) is 6.04 Å². The van der Waals surface area contributed by atoms with Crippen molar-refractivity contribution in [3.8, 4) is 0 Å². The maximum absolute atomic E-state index is 12.6. The zero-order chi connectivity index (χ0) is 26.4. The van der Waals surface area contributed by atoms with Gasteiger partial charge in [-0.1, -0.05) is 32.0 Å². The number of primary amides is 1.